The van der Waals surface area contributed by atoms with Crippen LogP contribution in [0.4, 0.5) is 8.78 Å². The average molecular weight is 224 g/mol. The molecule has 14 heavy (non-hydrogen) atoms. The summed E-state index contributed by atoms with van der Waals surface area (Å²) in [6, 6.07) is 3.05. The normalized spacial score (nSPS) is 12.4. The summed E-state index contributed by atoms with van der Waals surface area (Å²) in [5, 5.41) is 9.30. The molecule has 0 aliphatic carbocycles. The van der Waals surface area contributed by atoms with Gasteiger partial charge in [-0.25, -0.2) is 8.78 Å². The average Bonchev–Trinajstić information content (AvgIpc) is 2.03. The van der Waals surface area contributed by atoms with E-state index in [4.69, 9.17) is 5.73 Å². The number of phenols is 1. The van der Waals surface area contributed by atoms with Gasteiger partial charge in [0, 0.05) is 5.56 Å². The van der Waals surface area contributed by atoms with Crippen LogP contribution >= 0.6 is 12.4 Å². The Bertz CT molecular complexity index is 307. The SMILES string of the molecule is Cc1ccc([C@H](N)C(F)F)c(O)c1.Cl. The van der Waals surface area contributed by atoms with Gasteiger partial charge in [0.25, 0.3) is 6.43 Å². The lowest BCUT2D eigenvalue weighted by atomic mass is 10.1. The first kappa shape index (κ1) is 13.1. The fourth-order valence-corrected chi connectivity index (χ4v) is 1.07. The Labute approximate surface area is 87.1 Å². The zero-order valence-corrected chi connectivity index (χ0v) is 8.39. The van der Waals surface area contributed by atoms with Crippen molar-refractivity contribution >= 4 is 12.4 Å². The number of halogens is 3. The Hall–Kier alpha value is -0.870. The zero-order valence-electron chi connectivity index (χ0n) is 7.58. The largest absolute Gasteiger partial charge is 0.508 e. The van der Waals surface area contributed by atoms with Crippen molar-refractivity contribution in [3.63, 3.8) is 0 Å². The Balaban J connectivity index is 0.00000169. The highest BCUT2D eigenvalue weighted by Crippen LogP contribution is 2.27. The maximum absolute atomic E-state index is 12.2. The second kappa shape index (κ2) is 5.12. The lowest BCUT2D eigenvalue weighted by Gasteiger charge is -2.12. The quantitative estimate of drug-likeness (QED) is 0.809. The highest BCUT2D eigenvalue weighted by molar-refractivity contribution is 5.85. The molecule has 2 nitrogen and oxygen atoms in total. The lowest BCUT2D eigenvalue weighted by Crippen LogP contribution is -2.18. The zero-order chi connectivity index (χ0) is 10.0. The molecule has 0 saturated carbocycles. The van der Waals surface area contributed by atoms with E-state index in [9.17, 15) is 13.9 Å². The molecule has 1 rings (SSSR count). The Morgan fingerprint density at radius 1 is 1.36 bits per heavy atom. The predicted molar refractivity (Wildman–Crippen MR) is 53.0 cm³/mol. The van der Waals surface area contributed by atoms with Crippen molar-refractivity contribution in [2.45, 2.75) is 19.4 Å². The fraction of sp³-hybridized carbons (Fsp3) is 0.333. The molecule has 0 aliphatic heterocycles. The first-order chi connectivity index (χ1) is 6.02. The van der Waals surface area contributed by atoms with Crippen LogP contribution in [0.25, 0.3) is 0 Å². The van der Waals surface area contributed by atoms with Crippen molar-refractivity contribution in [2.24, 2.45) is 5.73 Å². The minimum Gasteiger partial charge on any atom is -0.508 e. The molecule has 0 bridgehead atoms. The number of aryl methyl sites for hydroxylation is 1. The van der Waals surface area contributed by atoms with Gasteiger partial charge < -0.3 is 10.8 Å². The van der Waals surface area contributed by atoms with Gasteiger partial charge in [0.2, 0.25) is 0 Å². The number of nitrogens with two attached hydrogens (primary N) is 1. The molecule has 3 N–H and O–H groups in total. The Kier molecular flexibility index (Phi) is 4.80. The highest BCUT2D eigenvalue weighted by atomic mass is 35.5. The topological polar surface area (TPSA) is 46.2 Å². The molecule has 0 heterocycles. The first-order valence-electron chi connectivity index (χ1n) is 3.85. The molecule has 1 aromatic rings. The van der Waals surface area contributed by atoms with Crippen LogP contribution < -0.4 is 5.73 Å². The maximum atomic E-state index is 12.2. The predicted octanol–water partition coefficient (Wildman–Crippen LogP) is 2.39. The number of benzene rings is 1. The van der Waals surface area contributed by atoms with Gasteiger partial charge in [0.15, 0.2) is 0 Å². The van der Waals surface area contributed by atoms with Crippen LogP contribution in [0, 0.1) is 6.92 Å². The van der Waals surface area contributed by atoms with Crippen molar-refractivity contribution in [2.75, 3.05) is 0 Å². The monoisotopic (exact) mass is 223 g/mol. The molecule has 0 fully saturated rings. The molecule has 0 unspecified atom stereocenters. The third-order valence-electron chi connectivity index (χ3n) is 1.82. The Morgan fingerprint density at radius 3 is 2.36 bits per heavy atom. The molecule has 5 heteroatoms. The third kappa shape index (κ3) is 2.82. The van der Waals surface area contributed by atoms with E-state index in [2.05, 4.69) is 0 Å². The Morgan fingerprint density at radius 2 is 1.93 bits per heavy atom. The molecule has 1 aromatic carbocycles. The minimum absolute atomic E-state index is 0. The molecule has 0 amide bonds. The van der Waals surface area contributed by atoms with Crippen LogP contribution in [-0.4, -0.2) is 11.5 Å². The van der Waals surface area contributed by atoms with Gasteiger partial charge in [-0.05, 0) is 18.6 Å². The van der Waals surface area contributed by atoms with E-state index in [-0.39, 0.29) is 23.7 Å². The van der Waals surface area contributed by atoms with Gasteiger partial charge >= 0.3 is 0 Å². The van der Waals surface area contributed by atoms with Gasteiger partial charge in [0.05, 0.1) is 6.04 Å². The number of hydrogen-bond donors (Lipinski definition) is 2. The molecule has 1 atom stereocenters. The number of rotatable bonds is 2. The van der Waals surface area contributed by atoms with Gasteiger partial charge in [-0.3, -0.25) is 0 Å². The van der Waals surface area contributed by atoms with E-state index in [0.29, 0.717) is 0 Å². The van der Waals surface area contributed by atoms with Gasteiger partial charge in [-0.1, -0.05) is 12.1 Å². The van der Waals surface area contributed by atoms with Crippen molar-refractivity contribution in [1.29, 1.82) is 0 Å². The highest BCUT2D eigenvalue weighted by Gasteiger charge is 2.20. The van der Waals surface area contributed by atoms with Crippen LogP contribution in [0.1, 0.15) is 17.2 Å². The summed E-state index contributed by atoms with van der Waals surface area (Å²) in [7, 11) is 0. The van der Waals surface area contributed by atoms with E-state index in [1.807, 2.05) is 0 Å². The molecular weight excluding hydrogens is 212 g/mol. The fourth-order valence-electron chi connectivity index (χ4n) is 1.07. The first-order valence-corrected chi connectivity index (χ1v) is 3.85. The van der Waals surface area contributed by atoms with Crippen LogP contribution in [0.3, 0.4) is 0 Å². The number of phenolic OH excluding ortho intramolecular Hbond substituents is 1. The van der Waals surface area contributed by atoms with Crippen molar-refractivity contribution in [3.05, 3.63) is 29.3 Å². The van der Waals surface area contributed by atoms with E-state index in [1.54, 1.807) is 13.0 Å². The smallest absolute Gasteiger partial charge is 0.257 e. The van der Waals surface area contributed by atoms with Crippen LogP contribution in [0.15, 0.2) is 18.2 Å². The lowest BCUT2D eigenvalue weighted by molar-refractivity contribution is 0.115. The summed E-state index contributed by atoms with van der Waals surface area (Å²) >= 11 is 0. The van der Waals surface area contributed by atoms with Crippen molar-refractivity contribution in [1.82, 2.24) is 0 Å². The maximum Gasteiger partial charge on any atom is 0.257 e. The van der Waals surface area contributed by atoms with E-state index in [0.717, 1.165) is 5.56 Å². The molecule has 0 aliphatic rings. The van der Waals surface area contributed by atoms with Gasteiger partial charge in [-0.2, -0.15) is 0 Å². The second-order valence-electron chi connectivity index (χ2n) is 2.92. The molecule has 0 aromatic heterocycles. The summed E-state index contributed by atoms with van der Waals surface area (Å²) in [4.78, 5) is 0. The van der Waals surface area contributed by atoms with Gasteiger partial charge in [-0.15, -0.1) is 12.4 Å². The van der Waals surface area contributed by atoms with Crippen LogP contribution in [0.5, 0.6) is 5.75 Å². The molecular formula is C9H12ClF2NO. The second-order valence-corrected chi connectivity index (χ2v) is 2.92. The van der Waals surface area contributed by atoms with Crippen LogP contribution in [-0.2, 0) is 0 Å². The summed E-state index contributed by atoms with van der Waals surface area (Å²) < 4.78 is 24.3. The van der Waals surface area contributed by atoms with Crippen molar-refractivity contribution < 1.29 is 13.9 Å². The number of aromatic hydroxyl groups is 1. The standard InChI is InChI=1S/C9H11F2NO.ClH/c1-5-2-3-6(7(13)4-5)8(12)9(10)11;/h2-4,8-9,13H,12H2,1H3;1H/t8-;/m0./s1. The summed E-state index contributed by atoms with van der Waals surface area (Å²) in [5.74, 6) is -0.173. The summed E-state index contributed by atoms with van der Waals surface area (Å²) in [6.45, 7) is 1.76. The minimum atomic E-state index is -2.66. The molecule has 80 valence electrons. The third-order valence-corrected chi connectivity index (χ3v) is 1.82. The number of alkyl halides is 2. The number of hydrogen-bond acceptors (Lipinski definition) is 2. The van der Waals surface area contributed by atoms with Crippen LogP contribution in [0.2, 0.25) is 0 Å². The van der Waals surface area contributed by atoms with E-state index >= 15 is 0 Å². The summed E-state index contributed by atoms with van der Waals surface area (Å²) in [6.07, 6.45) is -2.66. The van der Waals surface area contributed by atoms with Gasteiger partial charge in [0.1, 0.15) is 5.75 Å². The molecule has 0 saturated heterocycles. The van der Waals surface area contributed by atoms with E-state index < -0.39 is 12.5 Å². The summed E-state index contributed by atoms with van der Waals surface area (Å²) in [5.41, 5.74) is 6.07. The molecule has 0 spiro atoms. The van der Waals surface area contributed by atoms with E-state index in [1.165, 1.54) is 12.1 Å². The van der Waals surface area contributed by atoms with Crippen molar-refractivity contribution in [3.8, 4) is 5.75 Å². The molecule has 0 radical (unpaired) electrons.